The number of rotatable bonds is 3. The first-order chi connectivity index (χ1) is 4.59. The molecule has 0 fully saturated rings. The maximum Gasteiger partial charge on any atom is 0.0925 e. The minimum absolute atomic E-state index is 0.516. The molecule has 0 amide bonds. The van der Waals surface area contributed by atoms with E-state index < -0.39 is 0 Å². The van der Waals surface area contributed by atoms with Gasteiger partial charge in [-0.25, -0.2) is 0 Å². The van der Waals surface area contributed by atoms with E-state index in [9.17, 15) is 0 Å². The lowest BCUT2D eigenvalue weighted by Crippen LogP contribution is -2.32. The van der Waals surface area contributed by atoms with Crippen molar-refractivity contribution in [1.29, 1.82) is 5.41 Å². The van der Waals surface area contributed by atoms with Gasteiger partial charge in [-0.05, 0) is 20.3 Å². The van der Waals surface area contributed by atoms with Crippen LogP contribution in [0.4, 0.5) is 0 Å². The van der Waals surface area contributed by atoms with Gasteiger partial charge in [0.1, 0.15) is 0 Å². The Hall–Kier alpha value is -0.530. The lowest BCUT2D eigenvalue weighted by Gasteiger charge is -2.24. The van der Waals surface area contributed by atoms with E-state index in [2.05, 4.69) is 13.8 Å². The number of nitrogens with zero attached hydrogens (tertiary/aromatic N) is 1. The van der Waals surface area contributed by atoms with Gasteiger partial charge in [-0.2, -0.15) is 0 Å². The van der Waals surface area contributed by atoms with Crippen LogP contribution in [0.2, 0.25) is 0 Å². The highest BCUT2D eigenvalue weighted by Gasteiger charge is 2.06. The first-order valence-electron chi connectivity index (χ1n) is 3.87. The Morgan fingerprint density at radius 2 is 2.10 bits per heavy atom. The molecule has 1 atom stereocenters. The van der Waals surface area contributed by atoms with Crippen molar-refractivity contribution in [2.45, 2.75) is 39.7 Å². The fraction of sp³-hybridized carbons (Fsp3) is 0.875. The molecule has 2 nitrogen and oxygen atoms in total. The molecule has 0 aromatic heterocycles. The summed E-state index contributed by atoms with van der Waals surface area (Å²) < 4.78 is 0. The smallest absolute Gasteiger partial charge is 0.0925 e. The van der Waals surface area contributed by atoms with Crippen molar-refractivity contribution in [2.75, 3.05) is 7.05 Å². The van der Waals surface area contributed by atoms with Crippen molar-refractivity contribution in [3.8, 4) is 0 Å². The molecular weight excluding hydrogens is 124 g/mol. The molecule has 1 N–H and O–H groups in total. The number of hydrogen-bond donors (Lipinski definition) is 1. The van der Waals surface area contributed by atoms with Crippen LogP contribution in [0.25, 0.3) is 0 Å². The third kappa shape index (κ3) is 2.85. The van der Waals surface area contributed by atoms with Crippen molar-refractivity contribution >= 4 is 5.84 Å². The second kappa shape index (κ2) is 4.31. The fourth-order valence-electron chi connectivity index (χ4n) is 0.942. The third-order valence-corrected chi connectivity index (χ3v) is 1.90. The monoisotopic (exact) mass is 142 g/mol. The molecule has 0 aromatic rings. The first-order valence-corrected chi connectivity index (χ1v) is 3.87. The minimum atomic E-state index is 0.516. The number of amidine groups is 1. The minimum Gasteiger partial charge on any atom is -0.361 e. The van der Waals surface area contributed by atoms with Gasteiger partial charge < -0.3 is 4.90 Å². The van der Waals surface area contributed by atoms with E-state index in [1.54, 1.807) is 0 Å². The molecule has 2 heteroatoms. The summed E-state index contributed by atoms with van der Waals surface area (Å²) in [5, 5.41) is 7.34. The molecule has 0 rings (SSSR count). The van der Waals surface area contributed by atoms with Crippen LogP contribution < -0.4 is 0 Å². The predicted molar refractivity (Wildman–Crippen MR) is 45.5 cm³/mol. The second-order valence-corrected chi connectivity index (χ2v) is 2.83. The lowest BCUT2D eigenvalue weighted by atomic mass is 10.2. The molecule has 60 valence electrons. The van der Waals surface area contributed by atoms with Crippen LogP contribution in [0.5, 0.6) is 0 Å². The lowest BCUT2D eigenvalue weighted by molar-refractivity contribution is 0.363. The van der Waals surface area contributed by atoms with Crippen LogP contribution in [0, 0.1) is 5.41 Å². The number of hydrogen-bond acceptors (Lipinski definition) is 1. The summed E-state index contributed by atoms with van der Waals surface area (Å²) in [7, 11) is 1.97. The van der Waals surface area contributed by atoms with E-state index in [0.29, 0.717) is 11.9 Å². The zero-order valence-corrected chi connectivity index (χ0v) is 7.44. The van der Waals surface area contributed by atoms with Crippen molar-refractivity contribution in [3.63, 3.8) is 0 Å². The van der Waals surface area contributed by atoms with Gasteiger partial charge in [0.15, 0.2) is 0 Å². The molecule has 0 saturated carbocycles. The number of nitrogens with one attached hydrogen (secondary N) is 1. The van der Waals surface area contributed by atoms with Crippen LogP contribution in [0.3, 0.4) is 0 Å². The molecule has 0 saturated heterocycles. The summed E-state index contributed by atoms with van der Waals surface area (Å²) in [4.78, 5) is 2.00. The van der Waals surface area contributed by atoms with E-state index in [1.807, 2.05) is 18.9 Å². The van der Waals surface area contributed by atoms with Gasteiger partial charge in [-0.1, -0.05) is 13.3 Å². The van der Waals surface area contributed by atoms with Gasteiger partial charge in [0.05, 0.1) is 5.84 Å². The summed E-state index contributed by atoms with van der Waals surface area (Å²) in [5.41, 5.74) is 0. The normalized spacial score (nSPS) is 12.8. The van der Waals surface area contributed by atoms with Crippen molar-refractivity contribution in [1.82, 2.24) is 4.90 Å². The predicted octanol–water partition coefficient (Wildman–Crippen LogP) is 2.10. The largest absolute Gasteiger partial charge is 0.361 e. The summed E-state index contributed by atoms with van der Waals surface area (Å²) in [6.07, 6.45) is 2.37. The molecule has 0 aliphatic rings. The molecule has 0 aliphatic heterocycles. The van der Waals surface area contributed by atoms with Crippen molar-refractivity contribution in [3.05, 3.63) is 0 Å². The zero-order valence-electron chi connectivity index (χ0n) is 7.44. The standard InChI is InChI=1S/C8H18N2/c1-5-6-7(2)10(4)8(3)9/h7,9H,5-6H2,1-4H3. The van der Waals surface area contributed by atoms with Crippen LogP contribution in [-0.4, -0.2) is 23.8 Å². The average molecular weight is 142 g/mol. The maximum atomic E-state index is 7.34. The zero-order chi connectivity index (χ0) is 8.15. The van der Waals surface area contributed by atoms with Gasteiger partial charge in [-0.3, -0.25) is 5.41 Å². The van der Waals surface area contributed by atoms with Gasteiger partial charge in [0, 0.05) is 13.1 Å². The van der Waals surface area contributed by atoms with E-state index in [1.165, 1.54) is 12.8 Å². The second-order valence-electron chi connectivity index (χ2n) is 2.83. The Kier molecular flexibility index (Phi) is 4.08. The van der Waals surface area contributed by atoms with Crippen molar-refractivity contribution < 1.29 is 0 Å². The summed E-state index contributed by atoms with van der Waals surface area (Å²) in [6, 6.07) is 0.516. The van der Waals surface area contributed by atoms with E-state index in [-0.39, 0.29) is 0 Å². The average Bonchev–Trinajstić information content (AvgIpc) is 1.87. The summed E-state index contributed by atoms with van der Waals surface area (Å²) >= 11 is 0. The molecular formula is C8H18N2. The Bertz CT molecular complexity index is 110. The van der Waals surface area contributed by atoms with Crippen LogP contribution in [0.15, 0.2) is 0 Å². The van der Waals surface area contributed by atoms with E-state index >= 15 is 0 Å². The molecule has 1 unspecified atom stereocenters. The fourth-order valence-corrected chi connectivity index (χ4v) is 0.942. The molecule has 0 bridgehead atoms. The Balaban J connectivity index is 3.69. The highest BCUT2D eigenvalue weighted by Crippen LogP contribution is 2.03. The van der Waals surface area contributed by atoms with Gasteiger partial charge in [0.2, 0.25) is 0 Å². The molecule has 0 radical (unpaired) electrons. The summed E-state index contributed by atoms with van der Waals surface area (Å²) in [5.74, 6) is 0.654. The van der Waals surface area contributed by atoms with Gasteiger partial charge in [0.25, 0.3) is 0 Å². The Morgan fingerprint density at radius 3 is 2.40 bits per heavy atom. The topological polar surface area (TPSA) is 27.1 Å². The molecule has 0 spiro atoms. The molecule has 0 aromatic carbocycles. The highest BCUT2D eigenvalue weighted by atomic mass is 15.2. The third-order valence-electron chi connectivity index (χ3n) is 1.90. The SMILES string of the molecule is CCCC(C)N(C)C(C)=N. The molecule has 0 heterocycles. The van der Waals surface area contributed by atoms with Crippen molar-refractivity contribution in [2.24, 2.45) is 0 Å². The Labute approximate surface area is 63.7 Å². The highest BCUT2D eigenvalue weighted by molar-refractivity contribution is 5.76. The molecule has 10 heavy (non-hydrogen) atoms. The Morgan fingerprint density at radius 1 is 1.60 bits per heavy atom. The van der Waals surface area contributed by atoms with Crippen LogP contribution >= 0.6 is 0 Å². The van der Waals surface area contributed by atoms with Gasteiger partial charge >= 0.3 is 0 Å². The summed E-state index contributed by atoms with van der Waals surface area (Å²) in [6.45, 7) is 6.15. The van der Waals surface area contributed by atoms with Crippen LogP contribution in [0.1, 0.15) is 33.6 Å². The van der Waals surface area contributed by atoms with Crippen LogP contribution in [-0.2, 0) is 0 Å². The maximum absolute atomic E-state index is 7.34. The van der Waals surface area contributed by atoms with Gasteiger partial charge in [-0.15, -0.1) is 0 Å². The quantitative estimate of drug-likeness (QED) is 0.474. The van der Waals surface area contributed by atoms with E-state index in [0.717, 1.165) is 0 Å². The first kappa shape index (κ1) is 9.47. The molecule has 0 aliphatic carbocycles. The van der Waals surface area contributed by atoms with E-state index in [4.69, 9.17) is 5.41 Å².